The van der Waals surface area contributed by atoms with Gasteiger partial charge in [0.05, 0.1) is 12.2 Å². The van der Waals surface area contributed by atoms with Crippen LogP contribution in [0.25, 0.3) is 0 Å². The highest BCUT2D eigenvalue weighted by Crippen LogP contribution is 2.19. The summed E-state index contributed by atoms with van der Waals surface area (Å²) in [5.41, 5.74) is 2.56. The van der Waals surface area contributed by atoms with E-state index in [9.17, 15) is 4.79 Å². The molecule has 0 aliphatic rings. The van der Waals surface area contributed by atoms with Crippen molar-refractivity contribution in [1.29, 1.82) is 0 Å². The first-order valence-corrected chi connectivity index (χ1v) is 6.97. The summed E-state index contributed by atoms with van der Waals surface area (Å²) in [5.74, 6) is 0.597. The monoisotopic (exact) mass is 304 g/mol. The summed E-state index contributed by atoms with van der Waals surface area (Å²) < 4.78 is 0. The first-order valence-electron chi connectivity index (χ1n) is 6.60. The van der Waals surface area contributed by atoms with Crippen LogP contribution in [0, 0.1) is 13.8 Å². The van der Waals surface area contributed by atoms with Crippen molar-refractivity contribution in [1.82, 2.24) is 15.3 Å². The van der Waals surface area contributed by atoms with Gasteiger partial charge < -0.3 is 10.6 Å². The van der Waals surface area contributed by atoms with Gasteiger partial charge in [-0.15, -0.1) is 0 Å². The van der Waals surface area contributed by atoms with Gasteiger partial charge in [-0.2, -0.15) is 0 Å². The summed E-state index contributed by atoms with van der Waals surface area (Å²) >= 11 is 5.92. The number of anilines is 1. The van der Waals surface area contributed by atoms with Crippen LogP contribution in [-0.2, 0) is 11.3 Å². The standard InChI is InChI=1S/C15H17ClN4O/c1-10-3-4-12(16)7-14(10)20-15(21)9-17-8-13-5-6-18-11(2)19-13/h3-7,17H,8-9H2,1-2H3,(H,20,21). The number of aromatic nitrogens is 2. The molecule has 110 valence electrons. The molecular weight excluding hydrogens is 288 g/mol. The molecule has 5 nitrogen and oxygen atoms in total. The van der Waals surface area contributed by atoms with E-state index in [0.717, 1.165) is 16.9 Å². The molecule has 0 saturated carbocycles. The van der Waals surface area contributed by atoms with Crippen LogP contribution in [-0.4, -0.2) is 22.4 Å². The Balaban J connectivity index is 1.84. The highest BCUT2D eigenvalue weighted by molar-refractivity contribution is 6.31. The third kappa shape index (κ3) is 4.81. The van der Waals surface area contributed by atoms with E-state index in [0.29, 0.717) is 17.4 Å². The maximum absolute atomic E-state index is 11.9. The summed E-state index contributed by atoms with van der Waals surface area (Å²) in [4.78, 5) is 20.2. The van der Waals surface area contributed by atoms with E-state index in [2.05, 4.69) is 20.6 Å². The van der Waals surface area contributed by atoms with Gasteiger partial charge in [-0.05, 0) is 37.6 Å². The van der Waals surface area contributed by atoms with Gasteiger partial charge in [-0.25, -0.2) is 9.97 Å². The molecule has 1 aromatic heterocycles. The highest BCUT2D eigenvalue weighted by atomic mass is 35.5. The van der Waals surface area contributed by atoms with Crippen LogP contribution in [0.5, 0.6) is 0 Å². The molecule has 0 spiro atoms. The number of hydrogen-bond donors (Lipinski definition) is 2. The lowest BCUT2D eigenvalue weighted by Crippen LogP contribution is -2.28. The van der Waals surface area contributed by atoms with Gasteiger partial charge in [-0.1, -0.05) is 17.7 Å². The first-order chi connectivity index (χ1) is 10.0. The lowest BCUT2D eigenvalue weighted by molar-refractivity contribution is -0.115. The second-order valence-electron chi connectivity index (χ2n) is 4.71. The largest absolute Gasteiger partial charge is 0.325 e. The molecule has 0 fully saturated rings. The quantitative estimate of drug-likeness (QED) is 0.890. The predicted molar refractivity (Wildman–Crippen MR) is 83.3 cm³/mol. The zero-order valence-electron chi connectivity index (χ0n) is 12.0. The molecule has 2 N–H and O–H groups in total. The van der Waals surface area contributed by atoms with E-state index >= 15 is 0 Å². The van der Waals surface area contributed by atoms with Crippen molar-refractivity contribution in [3.63, 3.8) is 0 Å². The number of nitrogens with one attached hydrogen (secondary N) is 2. The number of halogens is 1. The van der Waals surface area contributed by atoms with Gasteiger partial charge in [0.25, 0.3) is 0 Å². The fourth-order valence-corrected chi connectivity index (χ4v) is 2.00. The van der Waals surface area contributed by atoms with Crippen molar-refractivity contribution < 1.29 is 4.79 Å². The molecule has 0 radical (unpaired) electrons. The van der Waals surface area contributed by atoms with Gasteiger partial charge in [-0.3, -0.25) is 4.79 Å². The molecule has 0 aliphatic heterocycles. The average Bonchev–Trinajstić information content (AvgIpc) is 2.43. The van der Waals surface area contributed by atoms with Crippen molar-refractivity contribution >= 4 is 23.2 Å². The van der Waals surface area contributed by atoms with E-state index in [1.807, 2.05) is 26.0 Å². The fourth-order valence-electron chi connectivity index (χ4n) is 1.83. The molecule has 2 aromatic rings. The zero-order chi connectivity index (χ0) is 15.2. The Morgan fingerprint density at radius 1 is 1.29 bits per heavy atom. The van der Waals surface area contributed by atoms with Gasteiger partial charge in [0.2, 0.25) is 5.91 Å². The Bertz CT molecular complexity index is 645. The molecule has 0 unspecified atom stereocenters. The number of carbonyl (C=O) groups is 1. The maximum Gasteiger partial charge on any atom is 0.238 e. The summed E-state index contributed by atoms with van der Waals surface area (Å²) in [7, 11) is 0. The van der Waals surface area contributed by atoms with Crippen molar-refractivity contribution in [2.24, 2.45) is 0 Å². The third-order valence-electron chi connectivity index (χ3n) is 2.90. The average molecular weight is 305 g/mol. The van der Waals surface area contributed by atoms with Crippen LogP contribution in [0.2, 0.25) is 5.02 Å². The van der Waals surface area contributed by atoms with Crippen molar-refractivity contribution in [3.05, 3.63) is 52.6 Å². The lowest BCUT2D eigenvalue weighted by atomic mass is 10.2. The Labute approximate surface area is 128 Å². The molecule has 0 saturated heterocycles. The minimum absolute atomic E-state index is 0.119. The summed E-state index contributed by atoms with van der Waals surface area (Å²) in [6.45, 7) is 4.47. The molecule has 21 heavy (non-hydrogen) atoms. The Kier molecular flexibility index (Phi) is 5.25. The topological polar surface area (TPSA) is 66.9 Å². The fraction of sp³-hybridized carbons (Fsp3) is 0.267. The molecule has 0 bridgehead atoms. The summed E-state index contributed by atoms with van der Waals surface area (Å²) in [6.07, 6.45) is 1.70. The van der Waals surface area contributed by atoms with Gasteiger partial charge in [0, 0.05) is 23.5 Å². The van der Waals surface area contributed by atoms with E-state index in [-0.39, 0.29) is 12.5 Å². The smallest absolute Gasteiger partial charge is 0.238 e. The van der Waals surface area contributed by atoms with Crippen molar-refractivity contribution in [2.75, 3.05) is 11.9 Å². The van der Waals surface area contributed by atoms with Gasteiger partial charge >= 0.3 is 0 Å². The number of hydrogen-bond acceptors (Lipinski definition) is 4. The van der Waals surface area contributed by atoms with E-state index in [1.54, 1.807) is 18.3 Å². The molecule has 1 amide bonds. The first kappa shape index (κ1) is 15.4. The molecule has 1 heterocycles. The van der Waals surface area contributed by atoms with Crippen LogP contribution in [0.4, 0.5) is 5.69 Å². The van der Waals surface area contributed by atoms with Gasteiger partial charge in [0.15, 0.2) is 0 Å². The molecule has 2 rings (SSSR count). The SMILES string of the molecule is Cc1nccc(CNCC(=O)Nc2cc(Cl)ccc2C)n1. The Morgan fingerprint density at radius 2 is 2.10 bits per heavy atom. The lowest BCUT2D eigenvalue weighted by Gasteiger charge is -2.09. The summed E-state index contributed by atoms with van der Waals surface area (Å²) in [6, 6.07) is 7.22. The molecule has 6 heteroatoms. The van der Waals surface area contributed by atoms with Crippen LogP contribution in [0.1, 0.15) is 17.1 Å². The predicted octanol–water partition coefficient (Wildman–Crippen LogP) is 2.48. The van der Waals surface area contributed by atoms with E-state index in [4.69, 9.17) is 11.6 Å². The highest BCUT2D eigenvalue weighted by Gasteiger charge is 2.05. The number of rotatable bonds is 5. The van der Waals surface area contributed by atoms with Gasteiger partial charge in [0.1, 0.15) is 5.82 Å². The number of benzene rings is 1. The second kappa shape index (κ2) is 7.15. The van der Waals surface area contributed by atoms with Crippen LogP contribution in [0.3, 0.4) is 0 Å². The number of amides is 1. The molecule has 1 aromatic carbocycles. The molecule has 0 aliphatic carbocycles. The zero-order valence-corrected chi connectivity index (χ0v) is 12.7. The Morgan fingerprint density at radius 3 is 2.86 bits per heavy atom. The molecular formula is C15H17ClN4O. The maximum atomic E-state index is 11.9. The Hall–Kier alpha value is -1.98. The number of nitrogens with zero attached hydrogens (tertiary/aromatic N) is 2. The van der Waals surface area contributed by atoms with E-state index < -0.39 is 0 Å². The van der Waals surface area contributed by atoms with Crippen LogP contribution in [0.15, 0.2) is 30.5 Å². The molecule has 0 atom stereocenters. The second-order valence-corrected chi connectivity index (χ2v) is 5.14. The minimum atomic E-state index is -0.119. The van der Waals surface area contributed by atoms with Crippen molar-refractivity contribution in [3.8, 4) is 0 Å². The summed E-state index contributed by atoms with van der Waals surface area (Å²) in [5, 5.41) is 6.48. The van der Waals surface area contributed by atoms with Crippen molar-refractivity contribution in [2.45, 2.75) is 20.4 Å². The minimum Gasteiger partial charge on any atom is -0.325 e. The van der Waals surface area contributed by atoms with Crippen LogP contribution < -0.4 is 10.6 Å². The number of carbonyl (C=O) groups excluding carboxylic acids is 1. The van der Waals surface area contributed by atoms with Crippen LogP contribution >= 0.6 is 11.6 Å². The normalized spacial score (nSPS) is 10.4. The number of aryl methyl sites for hydroxylation is 2. The third-order valence-corrected chi connectivity index (χ3v) is 3.13. The van der Waals surface area contributed by atoms with E-state index in [1.165, 1.54) is 0 Å².